The molecular formula is C12H19N2O+. The van der Waals surface area contributed by atoms with Crippen molar-refractivity contribution in [1.29, 1.82) is 0 Å². The molecule has 1 fully saturated rings. The number of aromatic hydroxyl groups is 1. The molecule has 0 saturated carbocycles. The molecule has 15 heavy (non-hydrogen) atoms. The quantitative estimate of drug-likeness (QED) is 0.701. The van der Waals surface area contributed by atoms with Crippen LogP contribution in [-0.2, 0) is 0 Å². The summed E-state index contributed by atoms with van der Waals surface area (Å²) in [7, 11) is 4.40. The first-order valence-corrected chi connectivity index (χ1v) is 5.43. The summed E-state index contributed by atoms with van der Waals surface area (Å²) < 4.78 is 0.929. The highest BCUT2D eigenvalue weighted by molar-refractivity contribution is 5.47. The Morgan fingerprint density at radius 2 is 1.93 bits per heavy atom. The number of hydrogen-bond donors (Lipinski definition) is 1. The molecule has 2 rings (SSSR count). The predicted molar refractivity (Wildman–Crippen MR) is 63.1 cm³/mol. The van der Waals surface area contributed by atoms with Crippen LogP contribution in [0.15, 0.2) is 24.3 Å². The molecule has 1 aliphatic heterocycles. The second-order valence-corrected chi connectivity index (χ2v) is 4.67. The fourth-order valence-electron chi connectivity index (χ4n) is 2.09. The molecule has 0 radical (unpaired) electrons. The van der Waals surface area contributed by atoms with Gasteiger partial charge >= 0.3 is 0 Å². The molecule has 0 atom stereocenters. The molecule has 1 aromatic carbocycles. The van der Waals surface area contributed by atoms with Crippen molar-refractivity contribution in [3.05, 3.63) is 24.3 Å². The third-order valence-corrected chi connectivity index (χ3v) is 3.40. The van der Waals surface area contributed by atoms with Gasteiger partial charge in [0.1, 0.15) is 11.4 Å². The number of benzene rings is 1. The van der Waals surface area contributed by atoms with Gasteiger partial charge in [0, 0.05) is 19.2 Å². The second-order valence-electron chi connectivity index (χ2n) is 4.67. The van der Waals surface area contributed by atoms with Gasteiger partial charge in [-0.25, -0.2) is 0 Å². The van der Waals surface area contributed by atoms with E-state index in [0.717, 1.165) is 30.7 Å². The molecule has 0 amide bonds. The molecular weight excluding hydrogens is 188 g/mol. The van der Waals surface area contributed by atoms with Crippen molar-refractivity contribution in [1.82, 2.24) is 9.38 Å². The average molecular weight is 207 g/mol. The van der Waals surface area contributed by atoms with Gasteiger partial charge in [-0.1, -0.05) is 6.07 Å². The van der Waals surface area contributed by atoms with E-state index >= 15 is 0 Å². The van der Waals surface area contributed by atoms with Gasteiger partial charge < -0.3 is 5.11 Å². The van der Waals surface area contributed by atoms with Crippen LogP contribution in [0.1, 0.15) is 0 Å². The molecule has 0 aliphatic carbocycles. The Labute approximate surface area is 91.1 Å². The van der Waals surface area contributed by atoms with Gasteiger partial charge in [-0.15, -0.1) is 0 Å². The maximum absolute atomic E-state index is 9.49. The van der Waals surface area contributed by atoms with Crippen LogP contribution in [0.4, 0.5) is 5.69 Å². The molecule has 1 saturated heterocycles. The van der Waals surface area contributed by atoms with Gasteiger partial charge in [0.05, 0.1) is 20.1 Å². The van der Waals surface area contributed by atoms with E-state index < -0.39 is 0 Å². The molecule has 3 nitrogen and oxygen atoms in total. The van der Waals surface area contributed by atoms with E-state index in [0.29, 0.717) is 5.75 Å². The van der Waals surface area contributed by atoms with E-state index in [2.05, 4.69) is 25.1 Å². The van der Waals surface area contributed by atoms with Crippen LogP contribution in [0, 0.1) is 0 Å². The van der Waals surface area contributed by atoms with Gasteiger partial charge in [-0.2, -0.15) is 0 Å². The first kappa shape index (κ1) is 10.5. The van der Waals surface area contributed by atoms with E-state index in [-0.39, 0.29) is 0 Å². The third kappa shape index (κ3) is 2.13. The zero-order valence-electron chi connectivity index (χ0n) is 9.48. The molecule has 82 valence electrons. The third-order valence-electron chi connectivity index (χ3n) is 3.40. The summed E-state index contributed by atoms with van der Waals surface area (Å²) in [5, 5.41) is 9.49. The van der Waals surface area contributed by atoms with E-state index in [1.807, 2.05) is 12.1 Å². The van der Waals surface area contributed by atoms with Gasteiger partial charge in [0.2, 0.25) is 0 Å². The summed E-state index contributed by atoms with van der Waals surface area (Å²) in [6, 6.07) is 7.63. The fraction of sp³-hybridized carbons (Fsp3) is 0.500. The number of piperazine rings is 1. The van der Waals surface area contributed by atoms with Crippen LogP contribution in [-0.4, -0.2) is 50.3 Å². The van der Waals surface area contributed by atoms with E-state index in [1.54, 1.807) is 6.07 Å². The molecule has 3 heteroatoms. The van der Waals surface area contributed by atoms with E-state index in [9.17, 15) is 5.11 Å². The summed E-state index contributed by atoms with van der Waals surface area (Å²) in [5.74, 6) is 0.366. The Bertz CT molecular complexity index is 343. The molecule has 0 bridgehead atoms. The monoisotopic (exact) mass is 207 g/mol. The Kier molecular flexibility index (Phi) is 2.67. The van der Waals surface area contributed by atoms with Crippen LogP contribution >= 0.6 is 0 Å². The lowest BCUT2D eigenvalue weighted by atomic mass is 10.2. The van der Waals surface area contributed by atoms with Crippen molar-refractivity contribution in [2.24, 2.45) is 0 Å². The van der Waals surface area contributed by atoms with Crippen LogP contribution < -0.4 is 4.48 Å². The summed E-state index contributed by atoms with van der Waals surface area (Å²) in [6.07, 6.45) is 0. The smallest absolute Gasteiger partial charge is 0.136 e. The Hall–Kier alpha value is -1.06. The number of phenols is 1. The summed E-state index contributed by atoms with van der Waals surface area (Å²) in [5.41, 5.74) is 1.21. The van der Waals surface area contributed by atoms with Crippen LogP contribution in [0.25, 0.3) is 0 Å². The largest absolute Gasteiger partial charge is 0.508 e. The number of nitrogens with zero attached hydrogens (tertiary/aromatic N) is 2. The molecule has 0 unspecified atom stereocenters. The standard InChI is InChI=1S/C12H18N2O/c1-13-6-8-14(2,9-7-13)11-4-3-5-12(15)10-11/h3-5,10H,6-9H2,1-2H3/p+1. The molecule has 0 aromatic heterocycles. The van der Waals surface area contributed by atoms with Crippen molar-refractivity contribution < 1.29 is 5.11 Å². The van der Waals surface area contributed by atoms with Crippen molar-refractivity contribution in [2.75, 3.05) is 40.3 Å². The number of likely N-dealkylation sites (N-methyl/N-ethyl adjacent to an activating group) is 2. The van der Waals surface area contributed by atoms with E-state index in [4.69, 9.17) is 0 Å². The van der Waals surface area contributed by atoms with E-state index in [1.165, 1.54) is 5.69 Å². The molecule has 1 aliphatic rings. The minimum atomic E-state index is 0.366. The first-order chi connectivity index (χ1) is 7.10. The number of phenolic OH excluding ortho intramolecular Hbond substituents is 1. The van der Waals surface area contributed by atoms with Crippen molar-refractivity contribution in [3.63, 3.8) is 0 Å². The molecule has 1 heterocycles. The highest BCUT2D eigenvalue weighted by Gasteiger charge is 2.29. The zero-order valence-corrected chi connectivity index (χ0v) is 9.48. The van der Waals surface area contributed by atoms with Crippen LogP contribution in [0.3, 0.4) is 0 Å². The maximum Gasteiger partial charge on any atom is 0.136 e. The van der Waals surface area contributed by atoms with Crippen LogP contribution in [0.5, 0.6) is 5.75 Å². The number of quaternary nitrogens is 1. The van der Waals surface area contributed by atoms with Gasteiger partial charge in [0.25, 0.3) is 0 Å². The van der Waals surface area contributed by atoms with Gasteiger partial charge in [-0.3, -0.25) is 9.38 Å². The topological polar surface area (TPSA) is 23.5 Å². The van der Waals surface area contributed by atoms with Crippen molar-refractivity contribution in [2.45, 2.75) is 0 Å². The van der Waals surface area contributed by atoms with Crippen molar-refractivity contribution >= 4 is 5.69 Å². The lowest BCUT2D eigenvalue weighted by molar-refractivity contribution is 0.181. The number of hydrogen-bond acceptors (Lipinski definition) is 2. The van der Waals surface area contributed by atoms with Gasteiger partial charge in [0.15, 0.2) is 0 Å². The Balaban J connectivity index is 2.22. The summed E-state index contributed by atoms with van der Waals surface area (Å²) in [4.78, 5) is 2.35. The highest BCUT2D eigenvalue weighted by Crippen LogP contribution is 2.26. The van der Waals surface area contributed by atoms with Gasteiger partial charge in [-0.05, 0) is 19.2 Å². The minimum Gasteiger partial charge on any atom is -0.508 e. The fourth-order valence-corrected chi connectivity index (χ4v) is 2.09. The average Bonchev–Trinajstić information content (AvgIpc) is 2.23. The Morgan fingerprint density at radius 3 is 2.53 bits per heavy atom. The normalized spacial score (nSPS) is 21.5. The minimum absolute atomic E-state index is 0.366. The highest BCUT2D eigenvalue weighted by atomic mass is 16.3. The maximum atomic E-state index is 9.49. The Morgan fingerprint density at radius 1 is 1.27 bits per heavy atom. The first-order valence-electron chi connectivity index (χ1n) is 5.43. The number of rotatable bonds is 1. The molecule has 1 N–H and O–H groups in total. The molecule has 0 spiro atoms. The van der Waals surface area contributed by atoms with Crippen molar-refractivity contribution in [3.8, 4) is 5.75 Å². The molecule has 1 aromatic rings. The zero-order chi connectivity index (χ0) is 10.9. The summed E-state index contributed by atoms with van der Waals surface area (Å²) in [6.45, 7) is 4.46. The lowest BCUT2D eigenvalue weighted by Crippen LogP contribution is -2.57. The predicted octanol–water partition coefficient (Wildman–Crippen LogP) is 1.27. The van der Waals surface area contributed by atoms with Crippen LogP contribution in [0.2, 0.25) is 0 Å². The second kappa shape index (κ2) is 3.83. The summed E-state index contributed by atoms with van der Waals surface area (Å²) >= 11 is 0. The lowest BCUT2D eigenvalue weighted by Gasteiger charge is -2.40. The SMILES string of the molecule is CN1CC[N+](C)(c2cccc(O)c2)CC1.